The van der Waals surface area contributed by atoms with Gasteiger partial charge in [-0.2, -0.15) is 0 Å². The van der Waals surface area contributed by atoms with Gasteiger partial charge in [-0.1, -0.05) is 20.8 Å². The van der Waals surface area contributed by atoms with Gasteiger partial charge in [0.15, 0.2) is 5.82 Å². The average Bonchev–Trinajstić information content (AvgIpc) is 3.10. The normalized spacial score (nSPS) is 11.7. The second-order valence-electron chi connectivity index (χ2n) is 6.62. The highest BCUT2D eigenvalue weighted by Crippen LogP contribution is 2.32. The molecule has 0 aliphatic rings. The zero-order chi connectivity index (χ0) is 17.3. The van der Waals surface area contributed by atoms with Gasteiger partial charge in [0.2, 0.25) is 0 Å². The summed E-state index contributed by atoms with van der Waals surface area (Å²) >= 11 is 1.65. The molecule has 0 atom stereocenters. The van der Waals surface area contributed by atoms with Crippen molar-refractivity contribution in [1.82, 2.24) is 25.1 Å². The smallest absolute Gasteiger partial charge is 0.319 e. The summed E-state index contributed by atoms with van der Waals surface area (Å²) in [6, 6.07) is 5.46. The second kappa shape index (κ2) is 6.20. The first kappa shape index (κ1) is 16.4. The lowest BCUT2D eigenvalue weighted by atomic mass is 9.98. The second-order valence-corrected chi connectivity index (χ2v) is 7.65. The zero-order valence-corrected chi connectivity index (χ0v) is 14.9. The van der Waals surface area contributed by atoms with Crippen LogP contribution in [0.15, 0.2) is 24.5 Å². The van der Waals surface area contributed by atoms with E-state index in [1.807, 2.05) is 25.2 Å². The van der Waals surface area contributed by atoms with Crippen molar-refractivity contribution >= 4 is 33.3 Å². The van der Waals surface area contributed by atoms with Crippen LogP contribution in [0.25, 0.3) is 10.2 Å². The van der Waals surface area contributed by atoms with E-state index >= 15 is 0 Å². The molecule has 3 rings (SSSR count). The van der Waals surface area contributed by atoms with Crippen LogP contribution in [0.4, 0.5) is 10.5 Å². The van der Waals surface area contributed by atoms with Crippen LogP contribution < -0.4 is 10.6 Å². The third-order valence-corrected chi connectivity index (χ3v) is 4.94. The van der Waals surface area contributed by atoms with E-state index < -0.39 is 0 Å². The number of rotatable bonds is 3. The van der Waals surface area contributed by atoms with E-state index in [4.69, 9.17) is 0 Å². The minimum Gasteiger partial charge on any atom is -0.331 e. The van der Waals surface area contributed by atoms with Gasteiger partial charge in [0.05, 0.1) is 21.8 Å². The molecule has 3 aromatic rings. The third-order valence-electron chi connectivity index (χ3n) is 3.50. The maximum absolute atomic E-state index is 12.0. The molecule has 2 amide bonds. The van der Waals surface area contributed by atoms with E-state index in [-0.39, 0.29) is 11.4 Å². The van der Waals surface area contributed by atoms with E-state index in [0.717, 1.165) is 20.9 Å². The highest BCUT2D eigenvalue weighted by Gasteiger charge is 2.18. The SMILES string of the molecule is Cn1cnnc1CNC(=O)Nc1ccc2nc(C(C)(C)C)sc2c1. The minimum absolute atomic E-state index is 0.0186. The molecule has 2 aromatic heterocycles. The number of nitrogens with one attached hydrogen (secondary N) is 2. The van der Waals surface area contributed by atoms with Gasteiger partial charge in [-0.05, 0) is 18.2 Å². The molecular formula is C16H20N6OS. The molecule has 0 saturated carbocycles. The molecule has 1 aromatic carbocycles. The molecule has 24 heavy (non-hydrogen) atoms. The molecule has 2 N–H and O–H groups in total. The van der Waals surface area contributed by atoms with Crippen LogP contribution in [0.2, 0.25) is 0 Å². The van der Waals surface area contributed by atoms with Gasteiger partial charge in [-0.25, -0.2) is 9.78 Å². The Hall–Kier alpha value is -2.48. The molecule has 0 saturated heterocycles. The van der Waals surface area contributed by atoms with E-state index in [2.05, 4.69) is 46.6 Å². The van der Waals surface area contributed by atoms with Crippen LogP contribution in [0.5, 0.6) is 0 Å². The number of nitrogens with zero attached hydrogens (tertiary/aromatic N) is 4. The van der Waals surface area contributed by atoms with Crippen molar-refractivity contribution in [2.24, 2.45) is 7.05 Å². The number of carbonyl (C=O) groups excluding carboxylic acids is 1. The number of hydrogen-bond acceptors (Lipinski definition) is 5. The highest BCUT2D eigenvalue weighted by molar-refractivity contribution is 7.18. The number of thiazole rings is 1. The fraction of sp³-hybridized carbons (Fsp3) is 0.375. The number of benzene rings is 1. The molecule has 126 valence electrons. The number of amides is 2. The number of hydrogen-bond donors (Lipinski definition) is 2. The van der Waals surface area contributed by atoms with Gasteiger partial charge < -0.3 is 15.2 Å². The summed E-state index contributed by atoms with van der Waals surface area (Å²) in [4.78, 5) is 16.7. The molecule has 0 spiro atoms. The Labute approximate surface area is 144 Å². The fourth-order valence-corrected chi connectivity index (χ4v) is 3.19. The summed E-state index contributed by atoms with van der Waals surface area (Å²) in [6.45, 7) is 6.75. The van der Waals surface area contributed by atoms with Gasteiger partial charge in [0.25, 0.3) is 0 Å². The summed E-state index contributed by atoms with van der Waals surface area (Å²) in [5, 5.41) is 14.4. The Morgan fingerprint density at radius 2 is 2.12 bits per heavy atom. The maximum atomic E-state index is 12.0. The Balaban J connectivity index is 1.68. The van der Waals surface area contributed by atoms with Gasteiger partial charge in [0.1, 0.15) is 6.33 Å². The van der Waals surface area contributed by atoms with Crippen LogP contribution in [0, 0.1) is 0 Å². The van der Waals surface area contributed by atoms with Crippen molar-refractivity contribution in [2.45, 2.75) is 32.7 Å². The number of aromatic nitrogens is 4. The van der Waals surface area contributed by atoms with Gasteiger partial charge in [-0.15, -0.1) is 21.5 Å². The molecule has 0 aliphatic carbocycles. The molecule has 2 heterocycles. The molecule has 7 nitrogen and oxygen atoms in total. The third kappa shape index (κ3) is 3.53. The number of aryl methyl sites for hydroxylation is 1. The lowest BCUT2D eigenvalue weighted by molar-refractivity contribution is 0.251. The Morgan fingerprint density at radius 1 is 1.33 bits per heavy atom. The predicted molar refractivity (Wildman–Crippen MR) is 95.2 cm³/mol. The van der Waals surface area contributed by atoms with Gasteiger partial charge in [-0.3, -0.25) is 0 Å². The standard InChI is InChI=1S/C16H20N6OS/c1-16(2,3)14-20-11-6-5-10(7-12(11)24-14)19-15(23)17-8-13-21-18-9-22(13)4/h5-7,9H,8H2,1-4H3,(H2,17,19,23). The fourth-order valence-electron chi connectivity index (χ4n) is 2.12. The van der Waals surface area contributed by atoms with E-state index in [0.29, 0.717) is 12.4 Å². The molecule has 0 fully saturated rings. The van der Waals surface area contributed by atoms with Crippen LogP contribution in [0.1, 0.15) is 31.6 Å². The zero-order valence-electron chi connectivity index (χ0n) is 14.1. The Morgan fingerprint density at radius 3 is 2.79 bits per heavy atom. The molecule has 8 heteroatoms. The van der Waals surface area contributed by atoms with Crippen LogP contribution >= 0.6 is 11.3 Å². The van der Waals surface area contributed by atoms with Crippen molar-refractivity contribution in [3.8, 4) is 0 Å². The van der Waals surface area contributed by atoms with E-state index in [1.54, 1.807) is 22.2 Å². The van der Waals surface area contributed by atoms with Gasteiger partial charge in [0, 0.05) is 18.2 Å². The van der Waals surface area contributed by atoms with E-state index in [1.165, 1.54) is 0 Å². The van der Waals surface area contributed by atoms with Crippen molar-refractivity contribution < 1.29 is 4.79 Å². The molecule has 0 radical (unpaired) electrons. The summed E-state index contributed by atoms with van der Waals surface area (Å²) in [6.07, 6.45) is 1.60. The predicted octanol–water partition coefficient (Wildman–Crippen LogP) is 3.04. The van der Waals surface area contributed by atoms with Crippen LogP contribution in [0.3, 0.4) is 0 Å². The Kier molecular flexibility index (Phi) is 4.23. The van der Waals surface area contributed by atoms with Crippen molar-refractivity contribution in [3.05, 3.63) is 35.4 Å². The number of urea groups is 1. The van der Waals surface area contributed by atoms with Crippen LogP contribution in [-0.4, -0.2) is 25.8 Å². The minimum atomic E-state index is -0.280. The Bertz CT molecular complexity index is 876. The van der Waals surface area contributed by atoms with E-state index in [9.17, 15) is 4.79 Å². The quantitative estimate of drug-likeness (QED) is 0.765. The summed E-state index contributed by atoms with van der Waals surface area (Å²) < 4.78 is 2.82. The monoisotopic (exact) mass is 344 g/mol. The average molecular weight is 344 g/mol. The van der Waals surface area contributed by atoms with Gasteiger partial charge >= 0.3 is 6.03 Å². The van der Waals surface area contributed by atoms with Crippen molar-refractivity contribution in [2.75, 3.05) is 5.32 Å². The van der Waals surface area contributed by atoms with Crippen molar-refractivity contribution in [3.63, 3.8) is 0 Å². The first-order valence-electron chi connectivity index (χ1n) is 7.62. The highest BCUT2D eigenvalue weighted by atomic mass is 32.1. The number of anilines is 1. The summed E-state index contributed by atoms with van der Waals surface area (Å²) in [5.41, 5.74) is 1.71. The lowest BCUT2D eigenvalue weighted by Gasteiger charge is -2.13. The van der Waals surface area contributed by atoms with Crippen molar-refractivity contribution in [1.29, 1.82) is 0 Å². The maximum Gasteiger partial charge on any atom is 0.319 e. The summed E-state index contributed by atoms with van der Waals surface area (Å²) in [5.74, 6) is 0.692. The first-order chi connectivity index (χ1) is 11.3. The van der Waals surface area contributed by atoms with Crippen LogP contribution in [-0.2, 0) is 19.0 Å². The first-order valence-corrected chi connectivity index (χ1v) is 8.43. The molecule has 0 unspecified atom stereocenters. The largest absolute Gasteiger partial charge is 0.331 e. The number of carbonyl (C=O) groups is 1. The number of fused-ring (bicyclic) bond motifs is 1. The molecule has 0 bridgehead atoms. The summed E-state index contributed by atoms with van der Waals surface area (Å²) in [7, 11) is 1.83. The molecule has 0 aliphatic heterocycles. The molecular weight excluding hydrogens is 324 g/mol. The lowest BCUT2D eigenvalue weighted by Crippen LogP contribution is -2.29. The topological polar surface area (TPSA) is 84.7 Å².